The highest BCUT2D eigenvalue weighted by atomic mass is 16.7. The lowest BCUT2D eigenvalue weighted by molar-refractivity contribution is -0.192. The summed E-state index contributed by atoms with van der Waals surface area (Å²) in [5.41, 5.74) is 0. The van der Waals surface area contributed by atoms with Gasteiger partial charge in [-0.2, -0.15) is 0 Å². The van der Waals surface area contributed by atoms with Crippen LogP contribution in [-0.2, 0) is 9.47 Å². The van der Waals surface area contributed by atoms with Gasteiger partial charge in [-0.1, -0.05) is 13.8 Å². The first-order chi connectivity index (χ1) is 6.11. The molecule has 80 valence electrons. The molecule has 1 N–H and O–H groups in total. The number of rotatable bonds is 7. The Morgan fingerprint density at radius 1 is 1.08 bits per heavy atom. The van der Waals surface area contributed by atoms with E-state index in [1.54, 1.807) is 0 Å². The summed E-state index contributed by atoms with van der Waals surface area (Å²) in [7, 11) is 0. The molecular weight excluding hydrogens is 168 g/mol. The predicted octanol–water partition coefficient (Wildman–Crippen LogP) is 1.79. The van der Waals surface area contributed by atoms with Crippen LogP contribution in [0.3, 0.4) is 0 Å². The summed E-state index contributed by atoms with van der Waals surface area (Å²) in [6, 6.07) is 0. The van der Waals surface area contributed by atoms with Crippen LogP contribution in [0.4, 0.5) is 0 Å². The average Bonchev–Trinajstić information content (AvgIpc) is 2.02. The first-order valence-electron chi connectivity index (χ1n) is 5.03. The molecule has 0 aliphatic rings. The zero-order valence-electron chi connectivity index (χ0n) is 9.12. The molecule has 0 saturated carbocycles. The fraction of sp³-hybridized carbons (Fsp3) is 1.00. The van der Waals surface area contributed by atoms with Crippen LogP contribution in [0.5, 0.6) is 0 Å². The Morgan fingerprint density at radius 3 is 1.85 bits per heavy atom. The molecule has 13 heavy (non-hydrogen) atoms. The fourth-order valence-electron chi connectivity index (χ4n) is 1.19. The second-order valence-corrected chi connectivity index (χ2v) is 3.48. The van der Waals surface area contributed by atoms with Crippen LogP contribution in [0.1, 0.15) is 34.1 Å². The molecule has 0 radical (unpaired) electrons. The van der Waals surface area contributed by atoms with E-state index in [2.05, 4.69) is 13.8 Å². The van der Waals surface area contributed by atoms with Gasteiger partial charge in [-0.3, -0.25) is 0 Å². The summed E-state index contributed by atoms with van der Waals surface area (Å²) >= 11 is 0. The van der Waals surface area contributed by atoms with E-state index in [-0.39, 0.29) is 0 Å². The maximum absolute atomic E-state index is 9.69. The minimum atomic E-state index is -0.514. The van der Waals surface area contributed by atoms with E-state index in [1.165, 1.54) is 0 Å². The molecule has 0 unspecified atom stereocenters. The number of aliphatic hydroxyl groups excluding tert-OH is 1. The van der Waals surface area contributed by atoms with Gasteiger partial charge in [0.05, 0.1) is 0 Å². The third-order valence-electron chi connectivity index (χ3n) is 1.69. The third-order valence-corrected chi connectivity index (χ3v) is 1.69. The van der Waals surface area contributed by atoms with Gasteiger partial charge in [0, 0.05) is 13.2 Å². The van der Waals surface area contributed by atoms with Crippen molar-refractivity contribution in [1.29, 1.82) is 0 Å². The summed E-state index contributed by atoms with van der Waals surface area (Å²) in [5, 5.41) is 9.69. The van der Waals surface area contributed by atoms with Gasteiger partial charge in [0.25, 0.3) is 0 Å². The molecule has 0 spiro atoms. The zero-order valence-corrected chi connectivity index (χ0v) is 9.12. The van der Waals surface area contributed by atoms with E-state index in [0.29, 0.717) is 25.6 Å². The molecule has 0 aromatic heterocycles. The fourth-order valence-corrected chi connectivity index (χ4v) is 1.19. The lowest BCUT2D eigenvalue weighted by Gasteiger charge is -2.23. The van der Waals surface area contributed by atoms with Gasteiger partial charge in [-0.25, -0.2) is 0 Å². The Balaban J connectivity index is 3.86. The van der Waals surface area contributed by atoms with Crippen molar-refractivity contribution >= 4 is 0 Å². The standard InChI is InChI=1S/C10H22O3/c1-5-12-10(13-6-2)9(11)7-8(3)4/h8-11H,5-7H2,1-4H3/t9-/m1/s1. The molecule has 0 aromatic rings. The lowest BCUT2D eigenvalue weighted by Crippen LogP contribution is -2.33. The lowest BCUT2D eigenvalue weighted by atomic mass is 10.1. The monoisotopic (exact) mass is 190 g/mol. The number of hydrogen-bond donors (Lipinski definition) is 1. The second kappa shape index (κ2) is 7.30. The van der Waals surface area contributed by atoms with Gasteiger partial charge in [0.2, 0.25) is 0 Å². The average molecular weight is 190 g/mol. The SMILES string of the molecule is CCOC(OCC)[C@H](O)CC(C)C. The quantitative estimate of drug-likeness (QED) is 0.622. The maximum Gasteiger partial charge on any atom is 0.183 e. The van der Waals surface area contributed by atoms with Crippen molar-refractivity contribution in [3.05, 3.63) is 0 Å². The molecule has 0 bridgehead atoms. The molecule has 0 aliphatic heterocycles. The molecule has 0 aliphatic carbocycles. The highest BCUT2D eigenvalue weighted by Gasteiger charge is 2.20. The van der Waals surface area contributed by atoms with Crippen molar-refractivity contribution in [1.82, 2.24) is 0 Å². The van der Waals surface area contributed by atoms with Gasteiger partial charge in [-0.15, -0.1) is 0 Å². The Morgan fingerprint density at radius 2 is 1.54 bits per heavy atom. The largest absolute Gasteiger partial charge is 0.388 e. The van der Waals surface area contributed by atoms with Crippen molar-refractivity contribution < 1.29 is 14.6 Å². The Bertz CT molecular complexity index is 109. The van der Waals surface area contributed by atoms with Crippen molar-refractivity contribution in [3.8, 4) is 0 Å². The third kappa shape index (κ3) is 6.02. The van der Waals surface area contributed by atoms with Crippen molar-refractivity contribution in [3.63, 3.8) is 0 Å². The second-order valence-electron chi connectivity index (χ2n) is 3.48. The summed E-state index contributed by atoms with van der Waals surface area (Å²) in [6.45, 7) is 9.07. The van der Waals surface area contributed by atoms with Crippen molar-refractivity contribution in [2.24, 2.45) is 5.92 Å². The number of aliphatic hydroxyl groups is 1. The zero-order chi connectivity index (χ0) is 10.3. The summed E-state index contributed by atoms with van der Waals surface area (Å²) < 4.78 is 10.5. The number of ether oxygens (including phenoxy) is 2. The van der Waals surface area contributed by atoms with E-state index in [1.807, 2.05) is 13.8 Å². The normalized spacial score (nSPS) is 14.1. The Hall–Kier alpha value is -0.120. The molecule has 0 fully saturated rings. The van der Waals surface area contributed by atoms with Gasteiger partial charge in [0.1, 0.15) is 6.10 Å². The van der Waals surface area contributed by atoms with Crippen LogP contribution in [0.2, 0.25) is 0 Å². The summed E-state index contributed by atoms with van der Waals surface area (Å²) in [5.74, 6) is 0.457. The first kappa shape index (κ1) is 12.9. The van der Waals surface area contributed by atoms with Gasteiger partial charge in [0.15, 0.2) is 6.29 Å². The molecule has 0 amide bonds. The van der Waals surface area contributed by atoms with Crippen molar-refractivity contribution in [2.45, 2.75) is 46.5 Å². The highest BCUT2D eigenvalue weighted by Crippen LogP contribution is 2.11. The smallest absolute Gasteiger partial charge is 0.183 e. The molecule has 1 atom stereocenters. The van der Waals surface area contributed by atoms with Crippen molar-refractivity contribution in [2.75, 3.05) is 13.2 Å². The Kier molecular flexibility index (Phi) is 7.23. The van der Waals surface area contributed by atoms with Gasteiger partial charge < -0.3 is 14.6 Å². The topological polar surface area (TPSA) is 38.7 Å². The number of hydrogen-bond acceptors (Lipinski definition) is 3. The minimum Gasteiger partial charge on any atom is -0.388 e. The van der Waals surface area contributed by atoms with Crippen LogP contribution in [0.15, 0.2) is 0 Å². The molecule has 0 aromatic carbocycles. The van der Waals surface area contributed by atoms with Crippen LogP contribution in [0.25, 0.3) is 0 Å². The van der Waals surface area contributed by atoms with E-state index in [0.717, 1.165) is 0 Å². The predicted molar refractivity (Wildman–Crippen MR) is 52.5 cm³/mol. The van der Waals surface area contributed by atoms with Gasteiger partial charge in [-0.05, 0) is 26.2 Å². The highest BCUT2D eigenvalue weighted by molar-refractivity contribution is 4.62. The first-order valence-corrected chi connectivity index (χ1v) is 5.03. The summed E-state index contributed by atoms with van der Waals surface area (Å²) in [4.78, 5) is 0. The molecule has 0 saturated heterocycles. The molecule has 3 heteroatoms. The Labute approximate surface area is 81.0 Å². The summed E-state index contributed by atoms with van der Waals surface area (Å²) in [6.07, 6.45) is -0.262. The minimum absolute atomic E-state index is 0.457. The molecular formula is C10H22O3. The van der Waals surface area contributed by atoms with Gasteiger partial charge >= 0.3 is 0 Å². The van der Waals surface area contributed by atoms with Crippen LogP contribution >= 0.6 is 0 Å². The maximum atomic E-state index is 9.69. The van der Waals surface area contributed by atoms with Crippen LogP contribution in [-0.4, -0.2) is 30.7 Å². The molecule has 0 heterocycles. The van der Waals surface area contributed by atoms with E-state index in [9.17, 15) is 5.11 Å². The van der Waals surface area contributed by atoms with Crippen LogP contribution < -0.4 is 0 Å². The molecule has 0 rings (SSSR count). The van der Waals surface area contributed by atoms with E-state index < -0.39 is 12.4 Å². The molecule has 3 nitrogen and oxygen atoms in total. The van der Waals surface area contributed by atoms with Crippen LogP contribution in [0, 0.1) is 5.92 Å². The van der Waals surface area contributed by atoms with E-state index in [4.69, 9.17) is 9.47 Å². The van der Waals surface area contributed by atoms with E-state index >= 15 is 0 Å².